The molecule has 1 aliphatic carbocycles. The maximum Gasteiger partial charge on any atom is 0.275 e. The van der Waals surface area contributed by atoms with Crippen LogP contribution >= 0.6 is 11.6 Å². The molecular formula is C17H25ClN3O3S+. The number of carbonyl (C=O) groups excluding carboxylic acids is 1. The van der Waals surface area contributed by atoms with E-state index in [-0.39, 0.29) is 16.8 Å². The van der Waals surface area contributed by atoms with Gasteiger partial charge >= 0.3 is 0 Å². The smallest absolute Gasteiger partial charge is 0.275 e. The minimum Gasteiger partial charge on any atom is -0.348 e. The van der Waals surface area contributed by atoms with Crippen LogP contribution in [0.1, 0.15) is 19.8 Å². The van der Waals surface area contributed by atoms with Crippen LogP contribution in [0.2, 0.25) is 5.02 Å². The molecule has 0 unspecified atom stereocenters. The number of quaternary nitrogens is 1. The second-order valence-electron chi connectivity index (χ2n) is 6.98. The maximum absolute atomic E-state index is 12.6. The number of sulfonamides is 1. The highest BCUT2D eigenvalue weighted by molar-refractivity contribution is 7.89. The summed E-state index contributed by atoms with van der Waals surface area (Å²) in [6.45, 7) is 4.58. The Kier molecular flexibility index (Phi) is 5.68. The first-order valence-corrected chi connectivity index (χ1v) is 10.6. The van der Waals surface area contributed by atoms with Crippen molar-refractivity contribution in [2.75, 3.05) is 32.7 Å². The molecule has 0 radical (unpaired) electrons. The highest BCUT2D eigenvalue weighted by atomic mass is 35.5. The first kappa shape index (κ1) is 18.6. The standard InChI is InChI=1S/C17H24ClN3O3S/c1-13(14-2-3-14)19-17(22)12-20-8-10-21(11-9-20)25(23,24)16-6-4-15(18)5-7-16/h4-7,13-14H,2-3,8-12H2,1H3,(H,19,22)/p+1/t13-/m1/s1. The number of hydrogen-bond donors (Lipinski definition) is 2. The fourth-order valence-electron chi connectivity index (χ4n) is 3.22. The van der Waals surface area contributed by atoms with Crippen LogP contribution in [0.5, 0.6) is 0 Å². The van der Waals surface area contributed by atoms with Gasteiger partial charge in [0.15, 0.2) is 6.54 Å². The quantitative estimate of drug-likeness (QED) is 0.730. The van der Waals surface area contributed by atoms with Crippen LogP contribution in [0.25, 0.3) is 0 Å². The van der Waals surface area contributed by atoms with Gasteiger partial charge in [-0.2, -0.15) is 4.31 Å². The highest BCUT2D eigenvalue weighted by Gasteiger charge is 2.32. The zero-order valence-electron chi connectivity index (χ0n) is 14.4. The molecule has 3 rings (SSSR count). The van der Waals surface area contributed by atoms with Gasteiger partial charge in [-0.3, -0.25) is 4.79 Å². The van der Waals surface area contributed by atoms with E-state index >= 15 is 0 Å². The summed E-state index contributed by atoms with van der Waals surface area (Å²) in [5, 5.41) is 3.57. The lowest BCUT2D eigenvalue weighted by atomic mass is 10.2. The van der Waals surface area contributed by atoms with Crippen LogP contribution in [-0.2, 0) is 14.8 Å². The van der Waals surface area contributed by atoms with E-state index in [1.54, 1.807) is 12.1 Å². The van der Waals surface area contributed by atoms with Crippen molar-refractivity contribution in [1.82, 2.24) is 9.62 Å². The summed E-state index contributed by atoms with van der Waals surface area (Å²) in [7, 11) is -3.49. The zero-order valence-corrected chi connectivity index (χ0v) is 15.9. The first-order valence-electron chi connectivity index (χ1n) is 8.75. The van der Waals surface area contributed by atoms with E-state index in [4.69, 9.17) is 11.6 Å². The lowest BCUT2D eigenvalue weighted by Crippen LogP contribution is -3.15. The number of benzene rings is 1. The summed E-state index contributed by atoms with van der Waals surface area (Å²) in [6, 6.07) is 6.48. The number of carbonyl (C=O) groups is 1. The lowest BCUT2D eigenvalue weighted by molar-refractivity contribution is -0.895. The molecule has 138 valence electrons. The van der Waals surface area contributed by atoms with Crippen LogP contribution in [0, 0.1) is 5.92 Å². The van der Waals surface area contributed by atoms with Gasteiger partial charge in [0, 0.05) is 11.1 Å². The molecule has 1 heterocycles. The number of nitrogens with one attached hydrogen (secondary N) is 2. The van der Waals surface area contributed by atoms with Crippen molar-refractivity contribution in [1.29, 1.82) is 0 Å². The molecule has 1 aliphatic heterocycles. The van der Waals surface area contributed by atoms with Crippen molar-refractivity contribution in [2.24, 2.45) is 5.92 Å². The van der Waals surface area contributed by atoms with Crippen molar-refractivity contribution < 1.29 is 18.1 Å². The largest absolute Gasteiger partial charge is 0.348 e. The van der Waals surface area contributed by atoms with Gasteiger partial charge in [-0.25, -0.2) is 8.42 Å². The summed E-state index contributed by atoms with van der Waals surface area (Å²) >= 11 is 5.82. The minimum absolute atomic E-state index is 0.0587. The van der Waals surface area contributed by atoms with E-state index in [0.717, 1.165) is 4.90 Å². The number of nitrogens with zero attached hydrogens (tertiary/aromatic N) is 1. The molecule has 1 atom stereocenters. The van der Waals surface area contributed by atoms with Crippen molar-refractivity contribution in [3.8, 4) is 0 Å². The van der Waals surface area contributed by atoms with E-state index in [2.05, 4.69) is 12.2 Å². The molecule has 0 spiro atoms. The number of hydrogen-bond acceptors (Lipinski definition) is 3. The summed E-state index contributed by atoms with van der Waals surface area (Å²) in [5.74, 6) is 0.698. The van der Waals surface area contributed by atoms with E-state index < -0.39 is 10.0 Å². The third-order valence-electron chi connectivity index (χ3n) is 5.01. The maximum atomic E-state index is 12.6. The summed E-state index contributed by atoms with van der Waals surface area (Å²) in [5.41, 5.74) is 0. The molecule has 8 heteroatoms. The van der Waals surface area contributed by atoms with Crippen LogP contribution < -0.4 is 10.2 Å². The Morgan fingerprint density at radius 2 is 1.88 bits per heavy atom. The number of rotatable bonds is 6. The molecule has 0 bridgehead atoms. The van der Waals surface area contributed by atoms with E-state index in [0.29, 0.717) is 43.7 Å². The Balaban J connectivity index is 1.50. The summed E-state index contributed by atoms with van der Waals surface area (Å²) < 4.78 is 26.8. The van der Waals surface area contributed by atoms with Crippen LogP contribution in [0.15, 0.2) is 29.2 Å². The molecule has 25 heavy (non-hydrogen) atoms. The Labute approximate surface area is 154 Å². The predicted molar refractivity (Wildman–Crippen MR) is 96.1 cm³/mol. The van der Waals surface area contributed by atoms with Crippen LogP contribution in [-0.4, -0.2) is 57.4 Å². The fourth-order valence-corrected chi connectivity index (χ4v) is 4.79. The van der Waals surface area contributed by atoms with Gasteiger partial charge in [0.2, 0.25) is 10.0 Å². The average molecular weight is 387 g/mol. The van der Waals surface area contributed by atoms with Gasteiger partial charge in [0.1, 0.15) is 0 Å². The Bertz CT molecular complexity index is 711. The molecule has 1 aromatic rings. The molecule has 1 aromatic carbocycles. The third kappa shape index (κ3) is 4.73. The summed E-state index contributed by atoms with van der Waals surface area (Å²) in [6.07, 6.45) is 2.41. The van der Waals surface area contributed by atoms with Crippen molar-refractivity contribution in [2.45, 2.75) is 30.7 Å². The lowest BCUT2D eigenvalue weighted by Gasteiger charge is -2.31. The normalized spacial score (nSPS) is 21.0. The SMILES string of the molecule is C[C@@H](NC(=O)C[NH+]1CCN(S(=O)(=O)c2ccc(Cl)cc2)CC1)C1CC1. The van der Waals surface area contributed by atoms with Gasteiger partial charge in [-0.1, -0.05) is 11.6 Å². The van der Waals surface area contributed by atoms with Gasteiger partial charge in [-0.15, -0.1) is 0 Å². The molecule has 1 saturated carbocycles. The molecular weight excluding hydrogens is 362 g/mol. The van der Waals surface area contributed by atoms with Crippen molar-refractivity contribution >= 4 is 27.5 Å². The molecule has 2 N–H and O–H groups in total. The number of halogens is 1. The zero-order chi connectivity index (χ0) is 18.0. The number of piperazine rings is 1. The second kappa shape index (κ2) is 7.61. The van der Waals surface area contributed by atoms with Crippen molar-refractivity contribution in [3.05, 3.63) is 29.3 Å². The van der Waals surface area contributed by atoms with E-state index in [1.807, 2.05) is 0 Å². The van der Waals surface area contributed by atoms with Gasteiger partial charge in [0.25, 0.3) is 5.91 Å². The predicted octanol–water partition coefficient (Wildman–Crippen LogP) is 0.144. The Morgan fingerprint density at radius 1 is 1.28 bits per heavy atom. The fraction of sp³-hybridized carbons (Fsp3) is 0.588. The molecule has 0 aromatic heterocycles. The first-order chi connectivity index (χ1) is 11.9. The molecule has 6 nitrogen and oxygen atoms in total. The Hall–Kier alpha value is -1.15. The minimum atomic E-state index is -3.49. The highest BCUT2D eigenvalue weighted by Crippen LogP contribution is 2.32. The average Bonchev–Trinajstić information content (AvgIpc) is 3.40. The Morgan fingerprint density at radius 3 is 2.44 bits per heavy atom. The van der Waals surface area contributed by atoms with Gasteiger partial charge in [0.05, 0.1) is 31.1 Å². The monoisotopic (exact) mass is 386 g/mol. The van der Waals surface area contributed by atoms with Gasteiger partial charge in [-0.05, 0) is 49.9 Å². The van der Waals surface area contributed by atoms with Crippen LogP contribution in [0.3, 0.4) is 0 Å². The molecule has 1 amide bonds. The van der Waals surface area contributed by atoms with Crippen molar-refractivity contribution in [3.63, 3.8) is 0 Å². The topological polar surface area (TPSA) is 70.9 Å². The molecule has 1 saturated heterocycles. The van der Waals surface area contributed by atoms with E-state index in [9.17, 15) is 13.2 Å². The van der Waals surface area contributed by atoms with Gasteiger partial charge < -0.3 is 10.2 Å². The molecule has 2 fully saturated rings. The second-order valence-corrected chi connectivity index (χ2v) is 9.35. The third-order valence-corrected chi connectivity index (χ3v) is 7.17. The molecule has 2 aliphatic rings. The summed E-state index contributed by atoms with van der Waals surface area (Å²) in [4.78, 5) is 13.5. The van der Waals surface area contributed by atoms with E-state index in [1.165, 1.54) is 29.3 Å². The number of amides is 1. The van der Waals surface area contributed by atoms with Crippen LogP contribution in [0.4, 0.5) is 0 Å².